The summed E-state index contributed by atoms with van der Waals surface area (Å²) in [5.74, 6) is -0.469. The Labute approximate surface area is 151 Å². The third-order valence-corrected chi connectivity index (χ3v) is 5.01. The molecule has 1 N–H and O–H groups in total. The van der Waals surface area contributed by atoms with Crippen molar-refractivity contribution in [2.45, 2.75) is 38.6 Å². The van der Waals surface area contributed by atoms with Crippen molar-refractivity contribution >= 4 is 5.78 Å². The van der Waals surface area contributed by atoms with Crippen LogP contribution in [-0.2, 0) is 0 Å². The van der Waals surface area contributed by atoms with Crippen LogP contribution in [0.5, 0.6) is 11.6 Å². The lowest BCUT2D eigenvalue weighted by Crippen LogP contribution is -2.29. The second-order valence-corrected chi connectivity index (χ2v) is 6.45. The zero-order valence-corrected chi connectivity index (χ0v) is 14.8. The molecule has 1 aromatic carbocycles. The molecule has 0 unspecified atom stereocenters. The van der Waals surface area contributed by atoms with E-state index in [1.165, 1.54) is 18.6 Å². The fourth-order valence-electron chi connectivity index (χ4n) is 3.66. The van der Waals surface area contributed by atoms with Crippen molar-refractivity contribution in [1.82, 2.24) is 4.57 Å². The van der Waals surface area contributed by atoms with E-state index in [1.54, 1.807) is 24.3 Å². The zero-order chi connectivity index (χ0) is 18.8. The molecule has 0 amide bonds. The van der Waals surface area contributed by atoms with Gasteiger partial charge in [-0.05, 0) is 37.5 Å². The molecular weight excluding hydrogens is 332 g/mol. The number of pyridine rings is 1. The van der Waals surface area contributed by atoms with Crippen LogP contribution in [0.2, 0.25) is 0 Å². The molecule has 6 nitrogen and oxygen atoms in total. The first-order chi connectivity index (χ1) is 12.5. The van der Waals surface area contributed by atoms with Gasteiger partial charge < -0.3 is 9.84 Å². The third-order valence-electron chi connectivity index (χ3n) is 5.01. The highest BCUT2D eigenvalue weighted by atomic mass is 16.5. The van der Waals surface area contributed by atoms with Gasteiger partial charge in [-0.2, -0.15) is 5.26 Å². The van der Waals surface area contributed by atoms with Gasteiger partial charge in [-0.15, -0.1) is 0 Å². The quantitative estimate of drug-likeness (QED) is 0.854. The number of nitriles is 1. The Kier molecular flexibility index (Phi) is 4.81. The fraction of sp³-hybridized carbons (Fsp3) is 0.350. The van der Waals surface area contributed by atoms with Gasteiger partial charge in [0.05, 0.1) is 18.2 Å². The number of aromatic nitrogens is 1. The number of hydrogen-bond acceptors (Lipinski definition) is 5. The van der Waals surface area contributed by atoms with Crippen LogP contribution >= 0.6 is 0 Å². The SMILES string of the molecule is COc1ccccc1C(=O)c1c(C)c(C#N)c(=O)n(C2CCCC2)c1O. The first kappa shape index (κ1) is 17.7. The van der Waals surface area contributed by atoms with Gasteiger partial charge in [-0.25, -0.2) is 0 Å². The average molecular weight is 352 g/mol. The number of ether oxygens (including phenoxy) is 1. The molecule has 0 aliphatic heterocycles. The van der Waals surface area contributed by atoms with E-state index in [0.29, 0.717) is 5.75 Å². The molecule has 26 heavy (non-hydrogen) atoms. The smallest absolute Gasteiger partial charge is 0.271 e. The van der Waals surface area contributed by atoms with Crippen molar-refractivity contribution < 1.29 is 14.6 Å². The van der Waals surface area contributed by atoms with Crippen LogP contribution in [0.3, 0.4) is 0 Å². The second-order valence-electron chi connectivity index (χ2n) is 6.45. The lowest BCUT2D eigenvalue weighted by atomic mass is 9.96. The Morgan fingerprint density at radius 2 is 1.96 bits per heavy atom. The fourth-order valence-corrected chi connectivity index (χ4v) is 3.66. The summed E-state index contributed by atoms with van der Waals surface area (Å²) in [6.45, 7) is 1.52. The van der Waals surface area contributed by atoms with E-state index >= 15 is 0 Å². The molecule has 1 fully saturated rings. The molecule has 134 valence electrons. The predicted molar refractivity (Wildman–Crippen MR) is 95.8 cm³/mol. The number of carbonyl (C=O) groups excluding carboxylic acids is 1. The van der Waals surface area contributed by atoms with Gasteiger partial charge >= 0.3 is 0 Å². The summed E-state index contributed by atoms with van der Waals surface area (Å²) in [6.07, 6.45) is 3.37. The van der Waals surface area contributed by atoms with E-state index in [9.17, 15) is 20.0 Å². The summed E-state index contributed by atoms with van der Waals surface area (Å²) in [5.41, 5.74) is -0.189. The summed E-state index contributed by atoms with van der Waals surface area (Å²) in [7, 11) is 1.46. The maximum atomic E-state index is 13.1. The normalized spacial score (nSPS) is 14.2. The Morgan fingerprint density at radius 1 is 1.31 bits per heavy atom. The molecule has 0 bridgehead atoms. The summed E-state index contributed by atoms with van der Waals surface area (Å²) < 4.78 is 6.47. The van der Waals surface area contributed by atoms with E-state index in [1.807, 2.05) is 6.07 Å². The topological polar surface area (TPSA) is 92.3 Å². The van der Waals surface area contributed by atoms with Crippen molar-refractivity contribution in [3.8, 4) is 17.7 Å². The first-order valence-corrected chi connectivity index (χ1v) is 8.57. The molecule has 0 spiro atoms. The van der Waals surface area contributed by atoms with Gasteiger partial charge in [0.2, 0.25) is 11.7 Å². The van der Waals surface area contributed by atoms with Crippen LogP contribution < -0.4 is 10.3 Å². The van der Waals surface area contributed by atoms with Crippen LogP contribution in [0.25, 0.3) is 0 Å². The lowest BCUT2D eigenvalue weighted by molar-refractivity contribution is 0.103. The number of ketones is 1. The van der Waals surface area contributed by atoms with Crippen LogP contribution in [0.15, 0.2) is 29.1 Å². The number of rotatable bonds is 4. The van der Waals surface area contributed by atoms with Crippen molar-refractivity contribution in [3.63, 3.8) is 0 Å². The maximum absolute atomic E-state index is 13.1. The molecule has 0 atom stereocenters. The molecule has 1 saturated carbocycles. The Morgan fingerprint density at radius 3 is 2.58 bits per heavy atom. The number of para-hydroxylation sites is 1. The molecule has 0 radical (unpaired) electrons. The predicted octanol–water partition coefficient (Wildman–Crippen LogP) is 3.09. The van der Waals surface area contributed by atoms with Crippen LogP contribution in [0.1, 0.15) is 58.8 Å². The molecule has 1 aliphatic rings. The van der Waals surface area contributed by atoms with Gasteiger partial charge in [0.25, 0.3) is 5.56 Å². The minimum absolute atomic E-state index is 0.0162. The van der Waals surface area contributed by atoms with E-state index in [-0.39, 0.29) is 34.2 Å². The summed E-state index contributed by atoms with van der Waals surface area (Å²) in [5, 5.41) is 20.3. The number of nitrogens with zero attached hydrogens (tertiary/aromatic N) is 2. The minimum atomic E-state index is -0.536. The molecule has 6 heteroatoms. The largest absolute Gasteiger partial charge is 0.496 e. The number of hydrogen-bond donors (Lipinski definition) is 1. The maximum Gasteiger partial charge on any atom is 0.271 e. The minimum Gasteiger partial charge on any atom is -0.496 e. The van der Waals surface area contributed by atoms with Crippen molar-refractivity contribution in [2.24, 2.45) is 0 Å². The van der Waals surface area contributed by atoms with Gasteiger partial charge in [0, 0.05) is 6.04 Å². The number of carbonyl (C=O) groups is 1. The number of methoxy groups -OCH3 is 1. The molecule has 1 aromatic heterocycles. The molecule has 0 saturated heterocycles. The second kappa shape index (κ2) is 7.04. The third kappa shape index (κ3) is 2.76. The van der Waals surface area contributed by atoms with E-state index in [0.717, 1.165) is 25.7 Å². The van der Waals surface area contributed by atoms with Crippen LogP contribution in [-0.4, -0.2) is 22.6 Å². The molecule has 2 aromatic rings. The van der Waals surface area contributed by atoms with Crippen molar-refractivity contribution in [3.05, 3.63) is 56.9 Å². The van der Waals surface area contributed by atoms with Gasteiger partial charge in [0.15, 0.2) is 0 Å². The molecule has 1 aliphatic carbocycles. The highest BCUT2D eigenvalue weighted by molar-refractivity contribution is 6.13. The van der Waals surface area contributed by atoms with Crippen molar-refractivity contribution in [2.75, 3.05) is 7.11 Å². The first-order valence-electron chi connectivity index (χ1n) is 8.57. The lowest BCUT2D eigenvalue weighted by Gasteiger charge is -2.20. The zero-order valence-electron chi connectivity index (χ0n) is 14.8. The molecular formula is C20H20N2O4. The standard InChI is InChI=1S/C20H20N2O4/c1-12-15(11-21)19(24)22(13-7-3-4-8-13)20(25)17(12)18(23)14-9-5-6-10-16(14)26-2/h5-6,9-10,13,25H,3-4,7-8H2,1-2H3. The van der Waals surface area contributed by atoms with Gasteiger partial charge in [0.1, 0.15) is 17.4 Å². The Bertz CT molecular complexity index is 963. The number of aromatic hydroxyl groups is 1. The van der Waals surface area contributed by atoms with Crippen molar-refractivity contribution in [1.29, 1.82) is 5.26 Å². The van der Waals surface area contributed by atoms with Crippen LogP contribution in [0.4, 0.5) is 0 Å². The molecule has 3 rings (SSSR count). The highest BCUT2D eigenvalue weighted by Gasteiger charge is 2.30. The summed E-state index contributed by atoms with van der Waals surface area (Å²) in [4.78, 5) is 25.9. The van der Waals surface area contributed by atoms with E-state index in [2.05, 4.69) is 0 Å². The average Bonchev–Trinajstić information content (AvgIpc) is 3.16. The Balaban J connectivity index is 2.27. The van der Waals surface area contributed by atoms with Gasteiger partial charge in [-0.3, -0.25) is 14.2 Å². The highest BCUT2D eigenvalue weighted by Crippen LogP contribution is 2.35. The summed E-state index contributed by atoms with van der Waals surface area (Å²) >= 11 is 0. The monoisotopic (exact) mass is 352 g/mol. The van der Waals surface area contributed by atoms with Gasteiger partial charge in [-0.1, -0.05) is 25.0 Å². The van der Waals surface area contributed by atoms with E-state index in [4.69, 9.17) is 4.74 Å². The Hall–Kier alpha value is -3.07. The molecule has 1 heterocycles. The summed E-state index contributed by atoms with van der Waals surface area (Å²) in [6, 6.07) is 8.39. The van der Waals surface area contributed by atoms with Crippen LogP contribution in [0, 0.1) is 18.3 Å². The number of benzene rings is 1. The van der Waals surface area contributed by atoms with E-state index < -0.39 is 11.3 Å².